The Balaban J connectivity index is 2.27. The molecule has 1 unspecified atom stereocenters. The number of rotatable bonds is 4. The Morgan fingerprint density at radius 3 is 2.40 bits per heavy atom. The molecule has 20 heavy (non-hydrogen) atoms. The van der Waals surface area contributed by atoms with Crippen LogP contribution in [0.4, 0.5) is 0 Å². The highest BCUT2D eigenvalue weighted by atomic mass is 35.5. The first-order chi connectivity index (χ1) is 9.51. The van der Waals surface area contributed by atoms with Gasteiger partial charge in [-0.05, 0) is 60.4 Å². The van der Waals surface area contributed by atoms with E-state index in [-0.39, 0.29) is 6.04 Å². The summed E-state index contributed by atoms with van der Waals surface area (Å²) in [6, 6.07) is 11.2. The third-order valence-corrected chi connectivity index (χ3v) is 3.78. The molecule has 2 N–H and O–H groups in total. The molecule has 0 aliphatic rings. The minimum Gasteiger partial charge on any atom is -0.496 e. The molecule has 0 amide bonds. The van der Waals surface area contributed by atoms with Gasteiger partial charge in [0, 0.05) is 16.1 Å². The number of aryl methyl sites for hydroxylation is 1. The predicted molar refractivity (Wildman–Crippen MR) is 84.8 cm³/mol. The summed E-state index contributed by atoms with van der Waals surface area (Å²) in [5, 5.41) is 1.40. The van der Waals surface area contributed by atoms with Crippen molar-refractivity contribution in [3.05, 3.63) is 63.1 Å². The molecule has 0 aliphatic heterocycles. The van der Waals surface area contributed by atoms with Crippen molar-refractivity contribution >= 4 is 23.2 Å². The summed E-state index contributed by atoms with van der Waals surface area (Å²) in [4.78, 5) is 0. The van der Waals surface area contributed by atoms with E-state index in [1.54, 1.807) is 7.11 Å². The lowest BCUT2D eigenvalue weighted by Crippen LogP contribution is -2.15. The molecule has 0 aliphatic carbocycles. The molecule has 2 rings (SSSR count). The van der Waals surface area contributed by atoms with Crippen molar-refractivity contribution in [2.75, 3.05) is 7.11 Å². The second-order valence-electron chi connectivity index (χ2n) is 4.77. The fraction of sp³-hybridized carbons (Fsp3) is 0.250. The summed E-state index contributed by atoms with van der Waals surface area (Å²) in [6.07, 6.45) is 0.659. The summed E-state index contributed by atoms with van der Waals surface area (Å²) in [7, 11) is 1.64. The Morgan fingerprint density at radius 1 is 1.10 bits per heavy atom. The second kappa shape index (κ2) is 6.49. The first kappa shape index (κ1) is 15.2. The number of benzene rings is 2. The van der Waals surface area contributed by atoms with Gasteiger partial charge in [-0.15, -0.1) is 0 Å². The summed E-state index contributed by atoms with van der Waals surface area (Å²) in [5.41, 5.74) is 9.48. The van der Waals surface area contributed by atoms with Gasteiger partial charge in [-0.3, -0.25) is 0 Å². The average molecular weight is 310 g/mol. The van der Waals surface area contributed by atoms with Gasteiger partial charge in [-0.2, -0.15) is 0 Å². The van der Waals surface area contributed by atoms with Crippen molar-refractivity contribution in [2.45, 2.75) is 19.4 Å². The standard InChI is InChI=1S/C16H17Cl2NO/c1-10-7-12(17)3-5-14(10)15(19)9-11-8-13(18)4-6-16(11)20-2/h3-8,15H,9,19H2,1-2H3. The quantitative estimate of drug-likeness (QED) is 0.899. The highest BCUT2D eigenvalue weighted by Gasteiger charge is 2.13. The third-order valence-electron chi connectivity index (χ3n) is 3.31. The van der Waals surface area contributed by atoms with Gasteiger partial charge in [0.2, 0.25) is 0 Å². The maximum Gasteiger partial charge on any atom is 0.122 e. The molecule has 2 aromatic rings. The van der Waals surface area contributed by atoms with Crippen molar-refractivity contribution < 1.29 is 4.74 Å². The Morgan fingerprint density at radius 2 is 1.75 bits per heavy atom. The zero-order valence-corrected chi connectivity index (χ0v) is 13.0. The topological polar surface area (TPSA) is 35.2 Å². The molecule has 0 fully saturated rings. The van der Waals surface area contributed by atoms with Crippen molar-refractivity contribution in [1.29, 1.82) is 0 Å². The van der Waals surface area contributed by atoms with Crippen LogP contribution in [0.2, 0.25) is 10.0 Å². The molecule has 0 saturated heterocycles. The number of halogens is 2. The van der Waals surface area contributed by atoms with Crippen molar-refractivity contribution in [3.8, 4) is 5.75 Å². The van der Waals surface area contributed by atoms with Crippen molar-refractivity contribution in [1.82, 2.24) is 0 Å². The van der Waals surface area contributed by atoms with E-state index in [2.05, 4.69) is 0 Å². The fourth-order valence-corrected chi connectivity index (χ4v) is 2.73. The highest BCUT2D eigenvalue weighted by molar-refractivity contribution is 6.31. The monoisotopic (exact) mass is 309 g/mol. The molecule has 0 spiro atoms. The Labute approximate surface area is 129 Å². The first-order valence-corrected chi connectivity index (χ1v) is 7.11. The van der Waals surface area contributed by atoms with Crippen LogP contribution in [0.25, 0.3) is 0 Å². The Kier molecular flexibility index (Phi) is 4.92. The first-order valence-electron chi connectivity index (χ1n) is 6.35. The van der Waals surface area contributed by atoms with Gasteiger partial charge in [-0.1, -0.05) is 29.3 Å². The predicted octanol–water partition coefficient (Wildman–Crippen LogP) is 4.55. The van der Waals surface area contributed by atoms with Gasteiger partial charge >= 0.3 is 0 Å². The lowest BCUT2D eigenvalue weighted by atomic mass is 9.96. The van der Waals surface area contributed by atoms with E-state index in [1.165, 1.54) is 0 Å². The van der Waals surface area contributed by atoms with E-state index in [9.17, 15) is 0 Å². The third kappa shape index (κ3) is 3.45. The smallest absolute Gasteiger partial charge is 0.122 e. The molecule has 2 nitrogen and oxygen atoms in total. The van der Waals surface area contributed by atoms with E-state index in [4.69, 9.17) is 33.7 Å². The minimum atomic E-state index is -0.125. The van der Waals surface area contributed by atoms with Crippen molar-refractivity contribution in [2.24, 2.45) is 5.73 Å². The van der Waals surface area contributed by atoms with Gasteiger partial charge < -0.3 is 10.5 Å². The van der Waals surface area contributed by atoms with Crippen LogP contribution in [0, 0.1) is 6.92 Å². The molecule has 106 valence electrons. The molecular weight excluding hydrogens is 293 g/mol. The van der Waals surface area contributed by atoms with Gasteiger partial charge in [0.1, 0.15) is 5.75 Å². The number of nitrogens with two attached hydrogens (primary N) is 1. The summed E-state index contributed by atoms with van der Waals surface area (Å²) in [5.74, 6) is 0.802. The van der Waals surface area contributed by atoms with Crippen LogP contribution in [-0.2, 0) is 6.42 Å². The number of methoxy groups -OCH3 is 1. The van der Waals surface area contributed by atoms with Gasteiger partial charge in [-0.25, -0.2) is 0 Å². The van der Waals surface area contributed by atoms with Crippen LogP contribution < -0.4 is 10.5 Å². The maximum atomic E-state index is 6.31. The number of ether oxygens (including phenoxy) is 1. The Bertz CT molecular complexity index is 613. The van der Waals surface area contributed by atoms with Crippen LogP contribution in [0.15, 0.2) is 36.4 Å². The van der Waals surface area contributed by atoms with Gasteiger partial charge in [0.15, 0.2) is 0 Å². The van der Waals surface area contributed by atoms with Crippen LogP contribution in [0.5, 0.6) is 5.75 Å². The molecular formula is C16H17Cl2NO. The normalized spacial score (nSPS) is 12.2. The summed E-state index contributed by atoms with van der Waals surface area (Å²) >= 11 is 12.0. The van der Waals surface area contributed by atoms with Gasteiger partial charge in [0.25, 0.3) is 0 Å². The zero-order chi connectivity index (χ0) is 14.7. The number of hydrogen-bond acceptors (Lipinski definition) is 2. The molecule has 0 bridgehead atoms. The van der Waals surface area contributed by atoms with Crippen molar-refractivity contribution in [3.63, 3.8) is 0 Å². The fourth-order valence-electron chi connectivity index (χ4n) is 2.31. The van der Waals surface area contributed by atoms with Crippen LogP contribution in [-0.4, -0.2) is 7.11 Å². The molecule has 0 aromatic heterocycles. The highest BCUT2D eigenvalue weighted by Crippen LogP contribution is 2.28. The molecule has 0 saturated carbocycles. The van der Waals surface area contributed by atoms with Crippen LogP contribution >= 0.6 is 23.2 Å². The lowest BCUT2D eigenvalue weighted by Gasteiger charge is -2.17. The van der Waals surface area contributed by atoms with E-state index in [1.807, 2.05) is 43.3 Å². The van der Waals surface area contributed by atoms with Gasteiger partial charge in [0.05, 0.1) is 7.11 Å². The van der Waals surface area contributed by atoms with E-state index >= 15 is 0 Å². The molecule has 0 heterocycles. The van der Waals surface area contributed by atoms with E-state index in [0.717, 1.165) is 27.5 Å². The minimum absolute atomic E-state index is 0.125. The molecule has 4 heteroatoms. The largest absolute Gasteiger partial charge is 0.496 e. The SMILES string of the molecule is COc1ccc(Cl)cc1CC(N)c1ccc(Cl)cc1C. The maximum absolute atomic E-state index is 6.31. The molecule has 1 atom stereocenters. The molecule has 2 aromatic carbocycles. The molecule has 0 radical (unpaired) electrons. The Hall–Kier alpha value is -1.22. The van der Waals surface area contributed by atoms with E-state index < -0.39 is 0 Å². The average Bonchev–Trinajstić information content (AvgIpc) is 2.38. The summed E-state index contributed by atoms with van der Waals surface area (Å²) < 4.78 is 5.35. The zero-order valence-electron chi connectivity index (χ0n) is 11.5. The lowest BCUT2D eigenvalue weighted by molar-refractivity contribution is 0.408. The van der Waals surface area contributed by atoms with Crippen LogP contribution in [0.3, 0.4) is 0 Å². The summed E-state index contributed by atoms with van der Waals surface area (Å²) in [6.45, 7) is 2.01. The van der Waals surface area contributed by atoms with E-state index in [0.29, 0.717) is 11.4 Å². The van der Waals surface area contributed by atoms with Crippen LogP contribution in [0.1, 0.15) is 22.7 Å². The second-order valence-corrected chi connectivity index (χ2v) is 5.64. The number of hydrogen-bond donors (Lipinski definition) is 1.